The molecule has 8 heteroatoms. The number of amides is 1. The van der Waals surface area contributed by atoms with Crippen molar-refractivity contribution in [3.05, 3.63) is 58.3 Å². The number of nitrogens with one attached hydrogen (secondary N) is 1. The molecule has 1 aliphatic carbocycles. The third-order valence-electron chi connectivity index (χ3n) is 7.25. The predicted molar refractivity (Wildman–Crippen MR) is 121 cm³/mol. The van der Waals surface area contributed by atoms with Gasteiger partial charge in [-0.15, -0.1) is 0 Å². The van der Waals surface area contributed by atoms with E-state index in [-0.39, 0.29) is 18.4 Å². The lowest BCUT2D eigenvalue weighted by Crippen LogP contribution is -2.51. The van der Waals surface area contributed by atoms with Gasteiger partial charge < -0.3 is 9.73 Å². The molecule has 1 amide bonds. The largest absolute Gasteiger partial charge is 0.419 e. The van der Waals surface area contributed by atoms with Gasteiger partial charge in [-0.05, 0) is 67.1 Å². The molecule has 3 aromatic rings. The lowest BCUT2D eigenvalue weighted by atomic mass is 9.97. The summed E-state index contributed by atoms with van der Waals surface area (Å²) in [6, 6.07) is 11.6. The van der Waals surface area contributed by atoms with Gasteiger partial charge in [-0.2, -0.15) is 5.26 Å². The average Bonchev–Trinajstić information content (AvgIpc) is 3.48. The van der Waals surface area contributed by atoms with Crippen LogP contribution in [-0.2, 0) is 18.3 Å². The molecule has 2 fully saturated rings. The Kier molecular flexibility index (Phi) is 5.29. The van der Waals surface area contributed by atoms with Gasteiger partial charge in [0.25, 0.3) is 0 Å². The molecule has 1 saturated heterocycles. The van der Waals surface area contributed by atoms with Crippen molar-refractivity contribution in [1.29, 1.82) is 5.26 Å². The number of carbonyl (C=O) groups is 1. The number of piperidine rings is 1. The van der Waals surface area contributed by atoms with Crippen LogP contribution >= 0.6 is 0 Å². The van der Waals surface area contributed by atoms with Crippen molar-refractivity contribution in [2.45, 2.75) is 43.8 Å². The molecule has 2 heterocycles. The molecule has 0 unspecified atom stereocenters. The number of likely N-dealkylation sites (tertiary alicyclic amines) is 1. The van der Waals surface area contributed by atoms with Crippen LogP contribution in [0.4, 0.5) is 4.39 Å². The van der Waals surface area contributed by atoms with E-state index in [1.54, 1.807) is 37.4 Å². The highest BCUT2D eigenvalue weighted by Gasteiger charge is 2.47. The van der Waals surface area contributed by atoms with Crippen molar-refractivity contribution >= 4 is 17.0 Å². The molecule has 7 nitrogen and oxygen atoms in total. The van der Waals surface area contributed by atoms with Crippen LogP contribution in [0.1, 0.15) is 24.8 Å². The Balaban J connectivity index is 1.32. The zero-order chi connectivity index (χ0) is 23.3. The van der Waals surface area contributed by atoms with Crippen LogP contribution < -0.4 is 11.1 Å². The lowest BCUT2D eigenvalue weighted by molar-refractivity contribution is -0.127. The lowest BCUT2D eigenvalue weighted by Gasteiger charge is -2.31. The van der Waals surface area contributed by atoms with E-state index in [2.05, 4.69) is 16.3 Å². The number of aromatic nitrogens is 1. The molecule has 0 spiro atoms. The van der Waals surface area contributed by atoms with Gasteiger partial charge in [0.2, 0.25) is 5.91 Å². The molecular formula is C25H25FN4O3. The standard InChI is InChI=1S/C25H25FN4O3/c1-29-19-7-5-17(10-19)23(29)24(31)28-18(13-27)9-16-4-3-14(11-20(16)26)15-6-8-22-21(12-15)30(2)25(32)33-22/h3-4,6,8,11-12,17-19,23H,5,7,9-10H2,1-2H3,(H,28,31)/t17-,18-,19+,23-/m0/s1. The maximum absolute atomic E-state index is 14.9. The molecule has 5 rings (SSSR count). The highest BCUT2D eigenvalue weighted by Crippen LogP contribution is 2.41. The molecule has 170 valence electrons. The number of benzene rings is 2. The van der Waals surface area contributed by atoms with Crippen LogP contribution in [0.2, 0.25) is 0 Å². The maximum atomic E-state index is 14.9. The molecule has 4 atom stereocenters. The number of likely N-dealkylation sites (N-methyl/N-ethyl adjacent to an activating group) is 1. The fourth-order valence-electron chi connectivity index (χ4n) is 5.41. The van der Waals surface area contributed by atoms with E-state index in [1.165, 1.54) is 10.6 Å². The minimum atomic E-state index is -0.804. The summed E-state index contributed by atoms with van der Waals surface area (Å²) in [5.74, 6) is -0.708. The normalized spacial score (nSPS) is 23.0. The summed E-state index contributed by atoms with van der Waals surface area (Å²) in [5, 5.41) is 12.4. The SMILES string of the molecule is CN1[C@@H]2CC[C@@H](C2)[C@H]1C(=O)N[C@H](C#N)Cc1ccc(-c2ccc3oc(=O)n(C)c3c2)cc1F. The second-order valence-electron chi connectivity index (χ2n) is 9.15. The van der Waals surface area contributed by atoms with E-state index < -0.39 is 17.6 Å². The van der Waals surface area contributed by atoms with Crippen LogP contribution in [0, 0.1) is 23.1 Å². The highest BCUT2D eigenvalue weighted by atomic mass is 19.1. The quantitative estimate of drug-likeness (QED) is 0.648. The summed E-state index contributed by atoms with van der Waals surface area (Å²) in [6.45, 7) is 0. The summed E-state index contributed by atoms with van der Waals surface area (Å²) in [4.78, 5) is 26.7. The number of nitrogens with zero attached hydrogens (tertiary/aromatic N) is 3. The van der Waals surface area contributed by atoms with Crippen molar-refractivity contribution in [2.24, 2.45) is 13.0 Å². The summed E-state index contributed by atoms with van der Waals surface area (Å²) >= 11 is 0. The van der Waals surface area contributed by atoms with Crippen molar-refractivity contribution in [2.75, 3.05) is 7.05 Å². The first kappa shape index (κ1) is 21.4. The van der Waals surface area contributed by atoms with Crippen LogP contribution in [0.15, 0.2) is 45.6 Å². The van der Waals surface area contributed by atoms with Crippen molar-refractivity contribution in [3.8, 4) is 17.2 Å². The molecule has 1 aliphatic heterocycles. The molecule has 2 aromatic carbocycles. The zero-order valence-corrected chi connectivity index (χ0v) is 18.5. The van der Waals surface area contributed by atoms with Gasteiger partial charge in [-0.25, -0.2) is 9.18 Å². The molecule has 33 heavy (non-hydrogen) atoms. The third-order valence-corrected chi connectivity index (χ3v) is 7.25. The second kappa shape index (κ2) is 8.16. The number of hydrogen-bond donors (Lipinski definition) is 1. The summed E-state index contributed by atoms with van der Waals surface area (Å²) in [6.07, 6.45) is 3.28. The van der Waals surface area contributed by atoms with Crippen molar-refractivity contribution < 1.29 is 13.6 Å². The molecule has 1 aromatic heterocycles. The first-order chi connectivity index (χ1) is 15.9. The molecule has 1 N–H and O–H groups in total. The Morgan fingerprint density at radius 2 is 2.00 bits per heavy atom. The average molecular weight is 448 g/mol. The monoisotopic (exact) mass is 448 g/mol. The number of nitriles is 1. The maximum Gasteiger partial charge on any atom is 0.419 e. The van der Waals surface area contributed by atoms with Gasteiger partial charge in [0.05, 0.1) is 17.6 Å². The Bertz CT molecular complexity index is 1340. The van der Waals surface area contributed by atoms with Gasteiger partial charge in [0.15, 0.2) is 5.58 Å². The molecule has 1 saturated carbocycles. The van der Waals surface area contributed by atoms with Gasteiger partial charge >= 0.3 is 5.76 Å². The van der Waals surface area contributed by atoms with Gasteiger partial charge in [0.1, 0.15) is 11.9 Å². The Labute approximate surface area is 190 Å². The smallest absolute Gasteiger partial charge is 0.408 e. The van der Waals surface area contributed by atoms with Gasteiger partial charge in [-0.1, -0.05) is 18.2 Å². The Hall–Kier alpha value is -3.44. The van der Waals surface area contributed by atoms with E-state index in [9.17, 15) is 19.2 Å². The highest BCUT2D eigenvalue weighted by molar-refractivity contribution is 5.83. The van der Waals surface area contributed by atoms with E-state index in [0.717, 1.165) is 24.8 Å². The van der Waals surface area contributed by atoms with Gasteiger partial charge in [-0.3, -0.25) is 14.3 Å². The van der Waals surface area contributed by atoms with Crippen LogP contribution in [0.25, 0.3) is 22.2 Å². The topological polar surface area (TPSA) is 91.3 Å². The summed E-state index contributed by atoms with van der Waals surface area (Å²) in [5.41, 5.74) is 2.85. The molecule has 0 radical (unpaired) electrons. The molecule has 2 aliphatic rings. The zero-order valence-electron chi connectivity index (χ0n) is 18.5. The van der Waals surface area contributed by atoms with Gasteiger partial charge in [0, 0.05) is 19.5 Å². The van der Waals surface area contributed by atoms with E-state index in [4.69, 9.17) is 4.42 Å². The fraction of sp³-hybridized carbons (Fsp3) is 0.400. The number of aryl methyl sites for hydroxylation is 1. The minimum Gasteiger partial charge on any atom is -0.408 e. The number of rotatable bonds is 5. The number of halogens is 1. The summed E-state index contributed by atoms with van der Waals surface area (Å²) in [7, 11) is 3.58. The van der Waals surface area contributed by atoms with Crippen LogP contribution in [-0.4, -0.2) is 40.5 Å². The number of fused-ring (bicyclic) bond motifs is 3. The number of oxazole rings is 1. The van der Waals surface area contributed by atoms with Crippen molar-refractivity contribution in [3.63, 3.8) is 0 Å². The van der Waals surface area contributed by atoms with E-state index in [0.29, 0.717) is 34.2 Å². The molecular weight excluding hydrogens is 423 g/mol. The van der Waals surface area contributed by atoms with Crippen LogP contribution in [0.3, 0.4) is 0 Å². The first-order valence-corrected chi connectivity index (χ1v) is 11.2. The minimum absolute atomic E-state index is 0.0914. The summed E-state index contributed by atoms with van der Waals surface area (Å²) < 4.78 is 21.5. The second-order valence-corrected chi connectivity index (χ2v) is 9.15. The predicted octanol–water partition coefficient (Wildman–Crippen LogP) is 2.97. The number of hydrogen-bond acceptors (Lipinski definition) is 5. The Morgan fingerprint density at radius 3 is 2.70 bits per heavy atom. The van der Waals surface area contributed by atoms with Crippen molar-refractivity contribution in [1.82, 2.24) is 14.8 Å². The fourth-order valence-corrected chi connectivity index (χ4v) is 5.41. The van der Waals surface area contributed by atoms with E-state index >= 15 is 0 Å². The Morgan fingerprint density at radius 1 is 1.24 bits per heavy atom. The van der Waals surface area contributed by atoms with E-state index in [1.807, 2.05) is 7.05 Å². The number of carbonyl (C=O) groups excluding carboxylic acids is 1. The third kappa shape index (κ3) is 3.72. The first-order valence-electron chi connectivity index (χ1n) is 11.2. The molecule has 2 bridgehead atoms. The van der Waals surface area contributed by atoms with Crippen LogP contribution in [0.5, 0.6) is 0 Å².